The van der Waals surface area contributed by atoms with E-state index >= 15 is 0 Å². The van der Waals surface area contributed by atoms with Crippen LogP contribution in [0.1, 0.15) is 92.6 Å². The average Bonchev–Trinajstić information content (AvgIpc) is 4.01. The molecule has 5 aromatic rings. The number of benzene rings is 1. The molecule has 6 heterocycles. The van der Waals surface area contributed by atoms with Crippen molar-refractivity contribution in [2.24, 2.45) is 13.0 Å². The topological polar surface area (TPSA) is 216 Å². The highest BCUT2D eigenvalue weighted by atomic mass is 19.4. The van der Waals surface area contributed by atoms with Crippen molar-refractivity contribution in [3.8, 4) is 11.5 Å². The van der Waals surface area contributed by atoms with Crippen LogP contribution in [0.4, 0.5) is 24.7 Å². The van der Waals surface area contributed by atoms with E-state index in [1.165, 1.54) is 22.9 Å². The number of amides is 3. The lowest BCUT2D eigenvalue weighted by atomic mass is 9.86. The second-order valence-electron chi connectivity index (χ2n) is 18.1. The number of aromatic nitrogens is 6. The first-order valence-corrected chi connectivity index (χ1v) is 22.4. The van der Waals surface area contributed by atoms with Gasteiger partial charge in [-0.3, -0.25) is 38.4 Å². The van der Waals surface area contributed by atoms with Crippen molar-refractivity contribution in [2.75, 3.05) is 56.5 Å². The standard InChI is InChI=1S/C45H56F3N11O7/c1-44(2,64)39-32(52-40(61)33-25-66-42(53-33)29-14-15-50-37(20-29)51-26-45(46,47)48)24-58(55-39)30-9-6-28(7-10-30)21-49-22-31-23-57(17-18-65-31)16-4-5-27-8-11-34-36(19-27)56(3)43(63)59(34)35-12-13-38(60)54-41(35)62/h8,11,14-15,19-20,24-25,28,30-31,35,49,64H,4-7,9-10,12-13,16-18,21-23,26H2,1-3H3,(H,50,51)(H,52,61)(H,54,60,62)/t28-,30-,31-,35?/m0/s1. The van der Waals surface area contributed by atoms with Crippen LogP contribution in [-0.2, 0) is 33.4 Å². The largest absolute Gasteiger partial charge is 0.444 e. The number of imide groups is 1. The maximum absolute atomic E-state index is 13.3. The zero-order valence-electron chi connectivity index (χ0n) is 37.2. The van der Waals surface area contributed by atoms with E-state index in [4.69, 9.17) is 14.3 Å². The third-order valence-corrected chi connectivity index (χ3v) is 12.6. The number of ether oxygens (including phenoxy) is 1. The fourth-order valence-corrected chi connectivity index (χ4v) is 9.14. The number of piperidine rings is 1. The monoisotopic (exact) mass is 919 g/mol. The first kappa shape index (κ1) is 46.6. The third kappa shape index (κ3) is 11.0. The Morgan fingerprint density at radius 3 is 2.59 bits per heavy atom. The van der Waals surface area contributed by atoms with Crippen molar-refractivity contribution in [2.45, 2.75) is 95.2 Å². The van der Waals surface area contributed by atoms with Gasteiger partial charge in [-0.15, -0.1) is 0 Å². The van der Waals surface area contributed by atoms with E-state index in [9.17, 15) is 37.5 Å². The van der Waals surface area contributed by atoms with Crippen LogP contribution in [0.5, 0.6) is 0 Å². The molecule has 5 N–H and O–H groups in total. The van der Waals surface area contributed by atoms with Crippen LogP contribution in [0, 0.1) is 5.92 Å². The summed E-state index contributed by atoms with van der Waals surface area (Å²) in [6, 6.07) is 8.15. The SMILES string of the molecule is Cn1c(=O)n(C2CCC(=O)NC2=O)c2ccc(CCCN3CCO[C@@H](CNC[C@H]4CC[C@H](n5cc(NC(=O)c6coc(-c7ccnc(NCC(F)(F)F)c7)n6)c(C(C)(C)O)n5)CC4)C3)cc21. The zero-order chi connectivity index (χ0) is 46.8. The molecule has 3 amide bonds. The molecule has 0 spiro atoms. The molecule has 8 rings (SSSR count). The lowest BCUT2D eigenvalue weighted by Gasteiger charge is -2.34. The van der Waals surface area contributed by atoms with Crippen LogP contribution < -0.4 is 27.0 Å². The number of aryl methyl sites for hydroxylation is 2. The summed E-state index contributed by atoms with van der Waals surface area (Å²) in [7, 11) is 1.71. The summed E-state index contributed by atoms with van der Waals surface area (Å²) in [6.07, 6.45) is 5.80. The minimum atomic E-state index is -4.43. The summed E-state index contributed by atoms with van der Waals surface area (Å²) < 4.78 is 54.6. The quantitative estimate of drug-likeness (QED) is 0.0852. The maximum Gasteiger partial charge on any atom is 0.405 e. The fourth-order valence-electron chi connectivity index (χ4n) is 9.14. The molecule has 0 radical (unpaired) electrons. The smallest absolute Gasteiger partial charge is 0.405 e. The number of aliphatic hydroxyl groups is 1. The van der Waals surface area contributed by atoms with Gasteiger partial charge in [0.05, 0.1) is 35.5 Å². The zero-order valence-corrected chi connectivity index (χ0v) is 37.2. The summed E-state index contributed by atoms with van der Waals surface area (Å²) in [5, 5.41) is 26.7. The average molecular weight is 920 g/mol. The van der Waals surface area contributed by atoms with Gasteiger partial charge in [-0.1, -0.05) is 6.07 Å². The summed E-state index contributed by atoms with van der Waals surface area (Å²) >= 11 is 0. The maximum atomic E-state index is 13.3. The summed E-state index contributed by atoms with van der Waals surface area (Å²) in [5.41, 5.74) is 1.81. The highest BCUT2D eigenvalue weighted by molar-refractivity contribution is 6.03. The molecule has 1 aromatic carbocycles. The number of carbonyl (C=O) groups excluding carboxylic acids is 3. The van der Waals surface area contributed by atoms with Crippen LogP contribution in [0.25, 0.3) is 22.5 Å². The molecule has 1 saturated carbocycles. The Morgan fingerprint density at radius 2 is 1.83 bits per heavy atom. The lowest BCUT2D eigenvalue weighted by Crippen LogP contribution is -2.47. The van der Waals surface area contributed by atoms with E-state index in [1.54, 1.807) is 31.7 Å². The van der Waals surface area contributed by atoms with Crippen molar-refractivity contribution in [1.82, 2.24) is 44.4 Å². The number of fused-ring (bicyclic) bond motifs is 1. The Kier molecular flexibility index (Phi) is 13.8. The van der Waals surface area contributed by atoms with Crippen LogP contribution in [-0.4, -0.2) is 115 Å². The molecule has 66 heavy (non-hydrogen) atoms. The molecule has 354 valence electrons. The van der Waals surface area contributed by atoms with Gasteiger partial charge in [-0.25, -0.2) is 14.8 Å². The van der Waals surface area contributed by atoms with E-state index in [-0.39, 0.29) is 47.6 Å². The third-order valence-electron chi connectivity index (χ3n) is 12.6. The fraction of sp³-hybridized carbons (Fsp3) is 0.533. The molecule has 21 heteroatoms. The van der Waals surface area contributed by atoms with Crippen LogP contribution in [0.2, 0.25) is 0 Å². The van der Waals surface area contributed by atoms with E-state index in [0.717, 1.165) is 88.6 Å². The normalized spacial score (nSPS) is 21.0. The number of hydrogen-bond acceptors (Lipinski definition) is 13. The Hall–Kier alpha value is -5.90. The molecule has 0 bridgehead atoms. The first-order chi connectivity index (χ1) is 31.5. The number of carbonyl (C=O) groups is 3. The predicted octanol–water partition coefficient (Wildman–Crippen LogP) is 4.67. The molecule has 2 saturated heterocycles. The van der Waals surface area contributed by atoms with Crippen molar-refractivity contribution in [1.29, 1.82) is 0 Å². The van der Waals surface area contributed by atoms with Crippen LogP contribution >= 0.6 is 0 Å². The van der Waals surface area contributed by atoms with Crippen molar-refractivity contribution >= 4 is 40.3 Å². The highest BCUT2D eigenvalue weighted by Crippen LogP contribution is 2.35. The highest BCUT2D eigenvalue weighted by Gasteiger charge is 2.33. The number of rotatable bonds is 16. The molecule has 18 nitrogen and oxygen atoms in total. The van der Waals surface area contributed by atoms with Gasteiger partial charge >= 0.3 is 11.9 Å². The minimum Gasteiger partial charge on any atom is -0.444 e. The molecule has 3 fully saturated rings. The number of imidazole rings is 1. The minimum absolute atomic E-state index is 0.0220. The van der Waals surface area contributed by atoms with Gasteiger partial charge in [0.1, 0.15) is 36.0 Å². The van der Waals surface area contributed by atoms with Gasteiger partial charge in [-0.2, -0.15) is 18.3 Å². The number of hydrogen-bond donors (Lipinski definition) is 5. The second-order valence-corrected chi connectivity index (χ2v) is 18.1. The molecule has 2 aliphatic heterocycles. The van der Waals surface area contributed by atoms with Crippen molar-refractivity contribution in [3.05, 3.63) is 76.4 Å². The van der Waals surface area contributed by atoms with E-state index < -0.39 is 36.2 Å². The van der Waals surface area contributed by atoms with Crippen molar-refractivity contribution < 1.29 is 41.8 Å². The Bertz CT molecular complexity index is 2600. The molecule has 3 aliphatic rings. The molecular weight excluding hydrogens is 864 g/mol. The van der Waals surface area contributed by atoms with E-state index in [1.807, 2.05) is 22.9 Å². The van der Waals surface area contributed by atoms with Crippen molar-refractivity contribution in [3.63, 3.8) is 0 Å². The van der Waals surface area contributed by atoms with E-state index in [2.05, 4.69) is 36.1 Å². The number of nitrogens with zero attached hydrogens (tertiary/aromatic N) is 7. The molecule has 1 aliphatic carbocycles. The van der Waals surface area contributed by atoms with Gasteiger partial charge in [0.25, 0.3) is 5.91 Å². The molecule has 1 unspecified atom stereocenters. The van der Waals surface area contributed by atoms with Gasteiger partial charge in [0.2, 0.25) is 17.7 Å². The van der Waals surface area contributed by atoms with Gasteiger partial charge < -0.3 is 30.2 Å². The number of alkyl halides is 3. The number of halogens is 3. The number of anilines is 2. The molecule has 2 atom stereocenters. The Labute approximate surface area is 378 Å². The summed E-state index contributed by atoms with van der Waals surface area (Å²) in [4.78, 5) is 61.3. The predicted molar refractivity (Wildman–Crippen MR) is 237 cm³/mol. The van der Waals surface area contributed by atoms with Crippen LogP contribution in [0.15, 0.2) is 58.2 Å². The summed E-state index contributed by atoms with van der Waals surface area (Å²) in [6.45, 7) is 6.81. The second kappa shape index (κ2) is 19.5. The number of pyridine rings is 1. The lowest BCUT2D eigenvalue weighted by molar-refractivity contribution is -0.135. The number of morpholine rings is 1. The van der Waals surface area contributed by atoms with Gasteiger partial charge in [0.15, 0.2) is 5.69 Å². The van der Waals surface area contributed by atoms with Crippen LogP contribution in [0.3, 0.4) is 0 Å². The summed E-state index contributed by atoms with van der Waals surface area (Å²) in [5.74, 6) is -0.899. The Morgan fingerprint density at radius 1 is 1.03 bits per heavy atom. The molecular formula is C45H56F3N11O7. The van der Waals surface area contributed by atoms with Gasteiger partial charge in [-0.05, 0) is 108 Å². The number of oxazole rings is 1. The Balaban J connectivity index is 0.779. The van der Waals surface area contributed by atoms with E-state index in [0.29, 0.717) is 41.4 Å². The molecule has 4 aromatic heterocycles. The number of nitrogens with one attached hydrogen (secondary N) is 4. The first-order valence-electron chi connectivity index (χ1n) is 22.4. The van der Waals surface area contributed by atoms with Gasteiger partial charge in [0, 0.05) is 51.1 Å².